The minimum absolute atomic E-state index is 0.157. The van der Waals surface area contributed by atoms with Gasteiger partial charge in [-0.25, -0.2) is 9.97 Å². The molecule has 6 heteroatoms. The van der Waals surface area contributed by atoms with E-state index in [4.69, 9.17) is 4.74 Å². The van der Waals surface area contributed by atoms with Crippen LogP contribution in [0.2, 0.25) is 0 Å². The zero-order valence-electron chi connectivity index (χ0n) is 17.1. The van der Waals surface area contributed by atoms with Crippen molar-refractivity contribution in [1.82, 2.24) is 9.97 Å². The van der Waals surface area contributed by atoms with Crippen LogP contribution in [0, 0.1) is 6.92 Å². The number of carbonyl (C=O) groups excluding carboxylic acids is 1. The number of hydrogen-bond donors (Lipinski definition) is 1. The Bertz CT molecular complexity index is 940. The second kappa shape index (κ2) is 9.68. The fraction of sp³-hybridized carbons (Fsp3) is 0.261. The Hall–Kier alpha value is -3.41. The number of rotatable bonds is 8. The van der Waals surface area contributed by atoms with Crippen LogP contribution in [0.4, 0.5) is 11.5 Å². The zero-order valence-corrected chi connectivity index (χ0v) is 17.1. The van der Waals surface area contributed by atoms with Crippen molar-refractivity contribution in [1.29, 1.82) is 0 Å². The fourth-order valence-corrected chi connectivity index (χ4v) is 3.03. The summed E-state index contributed by atoms with van der Waals surface area (Å²) >= 11 is 0. The highest BCUT2D eigenvalue weighted by atomic mass is 16.5. The average Bonchev–Trinajstić information content (AvgIpc) is 2.75. The fourth-order valence-electron chi connectivity index (χ4n) is 3.03. The van der Waals surface area contributed by atoms with Gasteiger partial charge in [0, 0.05) is 18.8 Å². The van der Waals surface area contributed by atoms with Gasteiger partial charge in [-0.05, 0) is 55.7 Å². The summed E-state index contributed by atoms with van der Waals surface area (Å²) in [5.74, 6) is 1.34. The molecule has 0 atom stereocenters. The summed E-state index contributed by atoms with van der Waals surface area (Å²) in [7, 11) is 1.66. The van der Waals surface area contributed by atoms with E-state index in [0.29, 0.717) is 18.1 Å². The van der Waals surface area contributed by atoms with Crippen molar-refractivity contribution in [2.24, 2.45) is 0 Å². The van der Waals surface area contributed by atoms with Gasteiger partial charge in [-0.2, -0.15) is 0 Å². The Morgan fingerprint density at radius 3 is 2.52 bits per heavy atom. The molecule has 0 radical (unpaired) electrons. The Balaban J connectivity index is 1.59. The molecule has 150 valence electrons. The molecule has 3 aromatic rings. The minimum atomic E-state index is -0.157. The maximum Gasteiger partial charge on any atom is 0.278 e. The lowest BCUT2D eigenvalue weighted by Crippen LogP contribution is -2.31. The molecule has 0 saturated heterocycles. The number of benzene rings is 2. The number of methoxy groups -OCH3 is 1. The molecule has 3 rings (SSSR count). The Morgan fingerprint density at radius 1 is 1.10 bits per heavy atom. The van der Waals surface area contributed by atoms with Gasteiger partial charge in [0.15, 0.2) is 0 Å². The van der Waals surface area contributed by atoms with Crippen LogP contribution in [0.25, 0.3) is 0 Å². The minimum Gasteiger partial charge on any atom is -0.497 e. The molecule has 2 aromatic carbocycles. The van der Waals surface area contributed by atoms with Gasteiger partial charge in [0.2, 0.25) is 0 Å². The molecule has 0 bridgehead atoms. The van der Waals surface area contributed by atoms with E-state index < -0.39 is 0 Å². The molecule has 0 unspecified atom stereocenters. The number of nitrogens with one attached hydrogen (secondary N) is 1. The van der Waals surface area contributed by atoms with Crippen molar-refractivity contribution < 1.29 is 9.53 Å². The number of hydrogen-bond acceptors (Lipinski definition) is 5. The molecule has 6 nitrogen and oxygen atoms in total. The lowest BCUT2D eigenvalue weighted by molar-refractivity contribution is 0.0983. The van der Waals surface area contributed by atoms with Crippen molar-refractivity contribution >= 4 is 17.4 Å². The molecule has 1 N–H and O–H groups in total. The average molecular weight is 390 g/mol. The maximum absolute atomic E-state index is 12.8. The third-order valence-electron chi connectivity index (χ3n) is 4.62. The van der Waals surface area contributed by atoms with Crippen molar-refractivity contribution in [2.75, 3.05) is 30.4 Å². The van der Waals surface area contributed by atoms with Crippen molar-refractivity contribution in [3.05, 3.63) is 77.7 Å². The van der Waals surface area contributed by atoms with Crippen molar-refractivity contribution in [3.8, 4) is 5.75 Å². The van der Waals surface area contributed by atoms with Gasteiger partial charge in [0.1, 0.15) is 17.3 Å². The van der Waals surface area contributed by atoms with E-state index in [1.54, 1.807) is 18.2 Å². The SMILES string of the molecule is CCN(C(=O)c1cnc(NCCc2ccc(OC)cc2)cn1)c1cccc(C)c1. The molecule has 1 heterocycles. The molecule has 0 spiro atoms. The van der Waals surface area contributed by atoms with E-state index in [1.165, 1.54) is 11.8 Å². The number of aryl methyl sites for hydroxylation is 1. The molecule has 0 aliphatic heterocycles. The molecule has 0 saturated carbocycles. The highest BCUT2D eigenvalue weighted by Crippen LogP contribution is 2.18. The quantitative estimate of drug-likeness (QED) is 0.627. The number of aromatic nitrogens is 2. The highest BCUT2D eigenvalue weighted by Gasteiger charge is 2.18. The predicted octanol–water partition coefficient (Wildman–Crippen LogP) is 4.11. The first-order valence-corrected chi connectivity index (χ1v) is 9.68. The van der Waals surface area contributed by atoms with E-state index in [1.807, 2.05) is 62.4 Å². The third kappa shape index (κ3) is 5.31. The van der Waals surface area contributed by atoms with Gasteiger partial charge >= 0.3 is 0 Å². The van der Waals surface area contributed by atoms with Crippen LogP contribution in [-0.2, 0) is 6.42 Å². The molecular weight excluding hydrogens is 364 g/mol. The summed E-state index contributed by atoms with van der Waals surface area (Å²) in [6, 6.07) is 15.8. The number of anilines is 2. The standard InChI is InChI=1S/C23H26N4O2/c1-4-27(19-7-5-6-17(2)14-19)23(28)21-15-26-22(16-25-21)24-13-12-18-8-10-20(29-3)11-9-18/h5-11,14-16H,4,12-13H2,1-3H3,(H,24,26). The predicted molar refractivity (Wildman–Crippen MR) is 116 cm³/mol. The first kappa shape index (κ1) is 20.3. The van der Waals surface area contributed by atoms with E-state index in [2.05, 4.69) is 15.3 Å². The topological polar surface area (TPSA) is 67.4 Å². The number of ether oxygens (including phenoxy) is 1. The van der Waals surface area contributed by atoms with Crippen LogP contribution in [-0.4, -0.2) is 36.1 Å². The molecule has 1 amide bonds. The Labute approximate surface area is 171 Å². The van der Waals surface area contributed by atoms with Crippen LogP contribution >= 0.6 is 0 Å². The largest absolute Gasteiger partial charge is 0.497 e. The van der Waals surface area contributed by atoms with Crippen LogP contribution in [0.5, 0.6) is 5.75 Å². The van der Waals surface area contributed by atoms with Gasteiger partial charge in [-0.1, -0.05) is 24.3 Å². The van der Waals surface area contributed by atoms with Gasteiger partial charge in [0.25, 0.3) is 5.91 Å². The molecular formula is C23H26N4O2. The molecule has 1 aromatic heterocycles. The Morgan fingerprint density at radius 2 is 1.90 bits per heavy atom. The highest BCUT2D eigenvalue weighted by molar-refractivity contribution is 6.04. The zero-order chi connectivity index (χ0) is 20.6. The summed E-state index contributed by atoms with van der Waals surface area (Å²) in [6.45, 7) is 5.24. The van der Waals surface area contributed by atoms with Gasteiger partial charge in [0.05, 0.1) is 19.5 Å². The second-order valence-corrected chi connectivity index (χ2v) is 6.70. The normalized spacial score (nSPS) is 10.4. The van der Waals surface area contributed by atoms with Crippen LogP contribution < -0.4 is 15.0 Å². The molecule has 0 aliphatic rings. The summed E-state index contributed by atoms with van der Waals surface area (Å²) in [5, 5.41) is 3.24. The summed E-state index contributed by atoms with van der Waals surface area (Å²) in [6.07, 6.45) is 3.98. The third-order valence-corrected chi connectivity index (χ3v) is 4.62. The Kier molecular flexibility index (Phi) is 6.79. The maximum atomic E-state index is 12.8. The molecule has 29 heavy (non-hydrogen) atoms. The van der Waals surface area contributed by atoms with Crippen LogP contribution in [0.15, 0.2) is 60.9 Å². The van der Waals surface area contributed by atoms with Crippen molar-refractivity contribution in [2.45, 2.75) is 20.3 Å². The van der Waals surface area contributed by atoms with E-state index in [0.717, 1.165) is 30.0 Å². The number of nitrogens with zero attached hydrogens (tertiary/aromatic N) is 3. The summed E-state index contributed by atoms with van der Waals surface area (Å²) in [5.41, 5.74) is 3.50. The number of amides is 1. The lowest BCUT2D eigenvalue weighted by Gasteiger charge is -2.21. The first-order valence-electron chi connectivity index (χ1n) is 9.68. The summed E-state index contributed by atoms with van der Waals surface area (Å²) in [4.78, 5) is 23.2. The van der Waals surface area contributed by atoms with Gasteiger partial charge in [-0.15, -0.1) is 0 Å². The van der Waals surface area contributed by atoms with E-state index in [9.17, 15) is 4.79 Å². The lowest BCUT2D eigenvalue weighted by atomic mass is 10.1. The monoisotopic (exact) mass is 390 g/mol. The van der Waals surface area contributed by atoms with E-state index in [-0.39, 0.29) is 5.91 Å². The van der Waals surface area contributed by atoms with Crippen molar-refractivity contribution in [3.63, 3.8) is 0 Å². The smallest absolute Gasteiger partial charge is 0.278 e. The second-order valence-electron chi connectivity index (χ2n) is 6.70. The summed E-state index contributed by atoms with van der Waals surface area (Å²) < 4.78 is 5.17. The van der Waals surface area contributed by atoms with Crippen LogP contribution in [0.3, 0.4) is 0 Å². The van der Waals surface area contributed by atoms with Gasteiger partial charge in [-0.3, -0.25) is 4.79 Å². The van der Waals surface area contributed by atoms with E-state index >= 15 is 0 Å². The molecule has 0 aliphatic carbocycles. The number of carbonyl (C=O) groups is 1. The molecule has 0 fully saturated rings. The van der Waals surface area contributed by atoms with Gasteiger partial charge < -0.3 is 15.0 Å². The van der Waals surface area contributed by atoms with Crippen LogP contribution in [0.1, 0.15) is 28.5 Å². The first-order chi connectivity index (χ1) is 14.1.